The van der Waals surface area contributed by atoms with Crippen LogP contribution in [0.5, 0.6) is 5.75 Å². The number of rotatable bonds is 5. The fourth-order valence-corrected chi connectivity index (χ4v) is 2.61. The standard InChI is InChI=1S/C15H18ClF3O3/c1-9-5-6-10(12(22-4)11(9)16)13(2,3)7-14(21,8-20)15(17,18)19/h5-6,8,21H,7H2,1-4H3. The lowest BCUT2D eigenvalue weighted by molar-refractivity contribution is -0.250. The van der Waals surface area contributed by atoms with Gasteiger partial charge in [0.25, 0.3) is 0 Å². The van der Waals surface area contributed by atoms with Gasteiger partial charge in [-0.15, -0.1) is 0 Å². The van der Waals surface area contributed by atoms with Crippen LogP contribution in [0, 0.1) is 6.92 Å². The number of carbonyl (C=O) groups excluding carboxylic acids is 1. The summed E-state index contributed by atoms with van der Waals surface area (Å²) < 4.78 is 44.0. The number of aliphatic hydroxyl groups is 1. The summed E-state index contributed by atoms with van der Waals surface area (Å²) in [6.07, 6.45) is -6.38. The predicted molar refractivity (Wildman–Crippen MR) is 77.5 cm³/mol. The Hall–Kier alpha value is -1.27. The lowest BCUT2D eigenvalue weighted by Gasteiger charge is -2.35. The molecule has 3 nitrogen and oxygen atoms in total. The van der Waals surface area contributed by atoms with Gasteiger partial charge in [0.05, 0.1) is 12.1 Å². The van der Waals surface area contributed by atoms with Gasteiger partial charge in [0.15, 0.2) is 6.29 Å². The van der Waals surface area contributed by atoms with E-state index in [0.29, 0.717) is 11.1 Å². The first-order valence-corrected chi connectivity index (χ1v) is 6.86. The Balaban J connectivity index is 3.37. The van der Waals surface area contributed by atoms with Gasteiger partial charge in [0, 0.05) is 12.0 Å². The number of hydrogen-bond donors (Lipinski definition) is 1. The first-order valence-electron chi connectivity index (χ1n) is 6.48. The highest BCUT2D eigenvalue weighted by Crippen LogP contribution is 2.45. The van der Waals surface area contributed by atoms with E-state index in [1.807, 2.05) is 0 Å². The Labute approximate surface area is 132 Å². The molecule has 0 amide bonds. The monoisotopic (exact) mass is 338 g/mol. The second-order valence-electron chi connectivity index (χ2n) is 5.88. The molecule has 7 heteroatoms. The van der Waals surface area contributed by atoms with Gasteiger partial charge in [-0.1, -0.05) is 37.6 Å². The summed E-state index contributed by atoms with van der Waals surface area (Å²) in [7, 11) is 1.36. The van der Waals surface area contributed by atoms with Gasteiger partial charge in [-0.3, -0.25) is 4.79 Å². The van der Waals surface area contributed by atoms with E-state index in [1.54, 1.807) is 19.1 Å². The summed E-state index contributed by atoms with van der Waals surface area (Å²) in [5.41, 5.74) is -3.54. The number of halogens is 4. The minimum Gasteiger partial charge on any atom is -0.495 e. The molecule has 0 spiro atoms. The molecule has 0 heterocycles. The second kappa shape index (κ2) is 6.08. The van der Waals surface area contributed by atoms with E-state index >= 15 is 0 Å². The van der Waals surface area contributed by atoms with Gasteiger partial charge in [0.1, 0.15) is 5.75 Å². The fraction of sp³-hybridized carbons (Fsp3) is 0.533. The third-order valence-corrected chi connectivity index (χ3v) is 4.09. The highest BCUT2D eigenvalue weighted by molar-refractivity contribution is 6.33. The summed E-state index contributed by atoms with van der Waals surface area (Å²) >= 11 is 6.12. The van der Waals surface area contributed by atoms with Crippen LogP contribution in [0.15, 0.2) is 12.1 Å². The molecule has 1 rings (SSSR count). The SMILES string of the molecule is COc1c(C(C)(C)CC(O)(C=O)C(F)(F)F)ccc(C)c1Cl. The summed E-state index contributed by atoms with van der Waals surface area (Å²) in [6, 6.07) is 3.23. The Morgan fingerprint density at radius 1 is 1.32 bits per heavy atom. The maximum absolute atomic E-state index is 12.9. The fourth-order valence-electron chi connectivity index (χ4n) is 2.36. The second-order valence-corrected chi connectivity index (χ2v) is 6.26. The number of aryl methyl sites for hydroxylation is 1. The van der Waals surface area contributed by atoms with E-state index in [1.165, 1.54) is 21.0 Å². The molecule has 0 saturated heterocycles. The van der Waals surface area contributed by atoms with Crippen LogP contribution < -0.4 is 4.74 Å². The molecule has 0 aliphatic carbocycles. The first kappa shape index (κ1) is 18.8. The van der Waals surface area contributed by atoms with Gasteiger partial charge >= 0.3 is 6.18 Å². The van der Waals surface area contributed by atoms with Crippen molar-refractivity contribution in [3.63, 3.8) is 0 Å². The molecule has 1 N–H and O–H groups in total. The van der Waals surface area contributed by atoms with E-state index in [-0.39, 0.29) is 10.8 Å². The van der Waals surface area contributed by atoms with Crippen LogP contribution in [0.4, 0.5) is 13.2 Å². The van der Waals surface area contributed by atoms with Crippen LogP contribution in [0.1, 0.15) is 31.4 Å². The van der Waals surface area contributed by atoms with Crippen molar-refractivity contribution in [3.05, 3.63) is 28.3 Å². The van der Waals surface area contributed by atoms with E-state index in [2.05, 4.69) is 0 Å². The normalized spacial score (nSPS) is 15.3. The number of methoxy groups -OCH3 is 1. The van der Waals surface area contributed by atoms with E-state index in [9.17, 15) is 23.1 Å². The van der Waals surface area contributed by atoms with Crippen LogP contribution >= 0.6 is 11.6 Å². The van der Waals surface area contributed by atoms with Gasteiger partial charge in [-0.2, -0.15) is 13.2 Å². The van der Waals surface area contributed by atoms with Crippen molar-refractivity contribution in [2.75, 3.05) is 7.11 Å². The third kappa shape index (κ3) is 3.38. The molecular formula is C15H18ClF3O3. The Morgan fingerprint density at radius 3 is 2.27 bits per heavy atom. The lowest BCUT2D eigenvalue weighted by atomic mass is 9.74. The van der Waals surface area contributed by atoms with Crippen molar-refractivity contribution in [3.8, 4) is 5.75 Å². The Kier molecular flexibility index (Phi) is 5.19. The van der Waals surface area contributed by atoms with Gasteiger partial charge < -0.3 is 9.84 Å². The summed E-state index contributed by atoms with van der Waals surface area (Å²) in [5.74, 6) is 0.238. The van der Waals surface area contributed by atoms with Crippen molar-refractivity contribution in [2.24, 2.45) is 0 Å². The summed E-state index contributed by atoms with van der Waals surface area (Å²) in [5, 5.41) is 9.96. The topological polar surface area (TPSA) is 46.5 Å². The van der Waals surface area contributed by atoms with Crippen molar-refractivity contribution in [2.45, 2.75) is 44.4 Å². The highest BCUT2D eigenvalue weighted by atomic mass is 35.5. The third-order valence-electron chi connectivity index (χ3n) is 3.62. The molecule has 1 unspecified atom stereocenters. The number of alkyl halides is 3. The maximum atomic E-state index is 12.9. The molecule has 1 atom stereocenters. The molecular weight excluding hydrogens is 321 g/mol. The zero-order valence-electron chi connectivity index (χ0n) is 12.7. The molecule has 0 aromatic heterocycles. The number of carbonyl (C=O) groups is 1. The highest BCUT2D eigenvalue weighted by Gasteiger charge is 2.56. The van der Waals surface area contributed by atoms with Gasteiger partial charge in [0.2, 0.25) is 5.60 Å². The van der Waals surface area contributed by atoms with Crippen molar-refractivity contribution < 1.29 is 27.8 Å². The number of benzene rings is 1. The van der Waals surface area contributed by atoms with E-state index in [4.69, 9.17) is 16.3 Å². The average molecular weight is 339 g/mol. The smallest absolute Gasteiger partial charge is 0.424 e. The molecule has 0 saturated carbocycles. The zero-order valence-corrected chi connectivity index (χ0v) is 13.5. The predicted octanol–water partition coefficient (Wildman–Crippen LogP) is 3.82. The molecule has 0 aliphatic heterocycles. The minimum absolute atomic E-state index is 0.238. The number of ether oxygens (including phenoxy) is 1. The number of hydrogen-bond acceptors (Lipinski definition) is 3. The molecule has 0 bridgehead atoms. The summed E-state index contributed by atoms with van der Waals surface area (Å²) in [4.78, 5) is 10.8. The van der Waals surface area contributed by atoms with Crippen LogP contribution in [-0.2, 0) is 10.2 Å². The molecule has 22 heavy (non-hydrogen) atoms. The largest absolute Gasteiger partial charge is 0.495 e. The number of aldehydes is 1. The quantitative estimate of drug-likeness (QED) is 0.830. The van der Waals surface area contributed by atoms with Crippen LogP contribution in [0.25, 0.3) is 0 Å². The van der Waals surface area contributed by atoms with Gasteiger partial charge in [-0.05, 0) is 17.9 Å². The van der Waals surface area contributed by atoms with Crippen molar-refractivity contribution in [1.29, 1.82) is 0 Å². The minimum atomic E-state index is -5.06. The molecule has 124 valence electrons. The molecule has 1 aromatic rings. The maximum Gasteiger partial charge on any atom is 0.424 e. The first-order chi connectivity index (χ1) is 9.89. The van der Waals surface area contributed by atoms with E-state index in [0.717, 1.165) is 0 Å². The summed E-state index contributed by atoms with van der Waals surface area (Å²) in [6.45, 7) is 4.70. The zero-order chi connectivity index (χ0) is 17.3. The van der Waals surface area contributed by atoms with Crippen LogP contribution in [0.2, 0.25) is 5.02 Å². The molecule has 0 aliphatic rings. The van der Waals surface area contributed by atoms with E-state index < -0.39 is 29.9 Å². The average Bonchev–Trinajstić information content (AvgIpc) is 2.39. The van der Waals surface area contributed by atoms with Crippen molar-refractivity contribution in [1.82, 2.24) is 0 Å². The Bertz CT molecular complexity index is 570. The van der Waals surface area contributed by atoms with Crippen LogP contribution in [-0.4, -0.2) is 30.3 Å². The molecule has 1 aromatic carbocycles. The van der Waals surface area contributed by atoms with Crippen LogP contribution in [0.3, 0.4) is 0 Å². The van der Waals surface area contributed by atoms with Gasteiger partial charge in [-0.25, -0.2) is 0 Å². The Morgan fingerprint density at radius 2 is 1.86 bits per heavy atom. The van der Waals surface area contributed by atoms with Crippen molar-refractivity contribution >= 4 is 17.9 Å². The lowest BCUT2D eigenvalue weighted by Crippen LogP contribution is -2.50. The molecule has 0 radical (unpaired) electrons. The molecule has 0 fully saturated rings.